The summed E-state index contributed by atoms with van der Waals surface area (Å²) in [6, 6.07) is 0. The van der Waals surface area contributed by atoms with E-state index in [-0.39, 0.29) is 31.1 Å². The molecule has 83 heavy (non-hydrogen) atoms. The molecule has 0 aromatic heterocycles. The maximum Gasteiger partial charge on any atom is 0.306 e. The van der Waals surface area contributed by atoms with Crippen molar-refractivity contribution in [3.05, 3.63) is 122 Å². The van der Waals surface area contributed by atoms with Gasteiger partial charge in [-0.15, -0.1) is 0 Å². The van der Waals surface area contributed by atoms with Crippen molar-refractivity contribution in [2.75, 3.05) is 13.2 Å². The molecule has 0 fully saturated rings. The molecule has 0 heterocycles. The van der Waals surface area contributed by atoms with E-state index in [9.17, 15) is 14.4 Å². The molecule has 0 bridgehead atoms. The molecule has 1 atom stereocenters. The van der Waals surface area contributed by atoms with Gasteiger partial charge >= 0.3 is 17.9 Å². The van der Waals surface area contributed by atoms with Crippen molar-refractivity contribution in [2.45, 2.75) is 335 Å². The summed E-state index contributed by atoms with van der Waals surface area (Å²) in [6.07, 6.45) is 97.9. The number of rotatable bonds is 63. The maximum absolute atomic E-state index is 13.0. The fourth-order valence-corrected chi connectivity index (χ4v) is 9.73. The van der Waals surface area contributed by atoms with Gasteiger partial charge in [0.05, 0.1) is 0 Å². The first kappa shape index (κ1) is 78.8. The van der Waals surface area contributed by atoms with E-state index < -0.39 is 6.10 Å². The number of ether oxygens (including phenoxy) is 3. The van der Waals surface area contributed by atoms with Gasteiger partial charge in [0.25, 0.3) is 0 Å². The third kappa shape index (κ3) is 68.5. The molecule has 0 aliphatic carbocycles. The minimum Gasteiger partial charge on any atom is -0.462 e. The highest BCUT2D eigenvalue weighted by atomic mass is 16.6. The second-order valence-corrected chi connectivity index (χ2v) is 23.1. The summed E-state index contributed by atoms with van der Waals surface area (Å²) in [5.41, 5.74) is 0. The molecule has 6 nitrogen and oxygen atoms in total. The zero-order valence-electron chi connectivity index (χ0n) is 54.4. The van der Waals surface area contributed by atoms with E-state index >= 15 is 0 Å². The van der Waals surface area contributed by atoms with E-state index in [0.29, 0.717) is 19.3 Å². The average Bonchev–Trinajstić information content (AvgIpc) is 3.49. The quantitative estimate of drug-likeness (QED) is 0.0261. The largest absolute Gasteiger partial charge is 0.462 e. The predicted octanol–water partition coefficient (Wildman–Crippen LogP) is 24.3. The maximum atomic E-state index is 13.0. The summed E-state index contributed by atoms with van der Waals surface area (Å²) in [4.78, 5) is 38.4. The van der Waals surface area contributed by atoms with Crippen LogP contribution >= 0.6 is 0 Å². The SMILES string of the molecule is CC/C=C\C/C=C\C/C=C\C/C=C\C/C=C\C/C=C\C/C=C\C/C=C\CCCCCCC(=O)OCC(COC(=O)CCCCCCC/C=C\C/C=C\CCCCC)OC(=O)CCCCCCCCCCCCCCCCCCCCCCC. The van der Waals surface area contributed by atoms with Crippen LogP contribution in [0.25, 0.3) is 0 Å². The molecule has 0 aliphatic rings. The summed E-state index contributed by atoms with van der Waals surface area (Å²) in [5, 5.41) is 0. The average molecular weight is 1150 g/mol. The van der Waals surface area contributed by atoms with Gasteiger partial charge in [-0.05, 0) is 116 Å². The molecular weight excluding hydrogens is 1020 g/mol. The lowest BCUT2D eigenvalue weighted by Crippen LogP contribution is -2.30. The zero-order valence-corrected chi connectivity index (χ0v) is 54.4. The molecule has 0 aliphatic heterocycles. The highest BCUT2D eigenvalue weighted by molar-refractivity contribution is 5.71. The number of esters is 3. The first-order chi connectivity index (χ1) is 41.0. The molecule has 0 aromatic carbocycles. The summed E-state index contributed by atoms with van der Waals surface area (Å²) in [7, 11) is 0. The van der Waals surface area contributed by atoms with Crippen molar-refractivity contribution < 1.29 is 28.6 Å². The molecule has 0 aromatic rings. The van der Waals surface area contributed by atoms with Crippen LogP contribution in [0.2, 0.25) is 0 Å². The van der Waals surface area contributed by atoms with Crippen molar-refractivity contribution >= 4 is 17.9 Å². The van der Waals surface area contributed by atoms with Gasteiger partial charge in [0.15, 0.2) is 6.10 Å². The fraction of sp³-hybridized carbons (Fsp3) is 0.701. The number of unbranched alkanes of at least 4 members (excludes halogenated alkanes) is 32. The van der Waals surface area contributed by atoms with E-state index in [4.69, 9.17) is 14.2 Å². The molecule has 0 saturated carbocycles. The Kier molecular flexibility index (Phi) is 66.7. The number of hydrogen-bond acceptors (Lipinski definition) is 6. The Morgan fingerprint density at radius 1 is 0.253 bits per heavy atom. The number of carbonyl (C=O) groups excluding carboxylic acids is 3. The Morgan fingerprint density at radius 3 is 0.759 bits per heavy atom. The molecule has 0 spiro atoms. The van der Waals surface area contributed by atoms with Crippen molar-refractivity contribution in [3.63, 3.8) is 0 Å². The standard InChI is InChI=1S/C77H130O6/c1-4-7-10-13-16-19-22-25-28-30-32-34-35-36-37-38-39-40-41-43-44-46-49-52-55-58-61-64-67-70-76(79)82-73-74(72-81-75(78)69-66-63-60-57-54-51-48-27-24-21-18-15-12-9-6-3)83-77(80)71-68-65-62-59-56-53-50-47-45-42-33-31-29-26-23-20-17-14-11-8-5-2/h7,10,16,18-19,21,25,27-28,32,34,36-37,39-40,43-44,48-49,52,74H,4-6,8-9,11-15,17,20,22-24,26,29-31,33,35,38,41-42,45-47,50-51,53-73H2,1-3H3/b10-7-,19-16-,21-18-,28-25-,34-32-,37-36-,40-39-,44-43-,48-27-,52-49-. The Balaban J connectivity index is 4.40. The van der Waals surface area contributed by atoms with Gasteiger partial charge in [-0.3, -0.25) is 14.4 Å². The summed E-state index contributed by atoms with van der Waals surface area (Å²) in [5.74, 6) is -0.919. The smallest absolute Gasteiger partial charge is 0.306 e. The molecule has 1 unspecified atom stereocenters. The van der Waals surface area contributed by atoms with Crippen LogP contribution in [0.5, 0.6) is 0 Å². The van der Waals surface area contributed by atoms with Gasteiger partial charge in [-0.2, -0.15) is 0 Å². The molecule has 0 radical (unpaired) electrons. The van der Waals surface area contributed by atoms with Gasteiger partial charge in [0.2, 0.25) is 0 Å². The van der Waals surface area contributed by atoms with Gasteiger partial charge in [0.1, 0.15) is 13.2 Å². The van der Waals surface area contributed by atoms with Gasteiger partial charge in [0, 0.05) is 19.3 Å². The summed E-state index contributed by atoms with van der Waals surface area (Å²) >= 11 is 0. The number of allylic oxidation sites excluding steroid dienone is 20. The molecule has 0 saturated heterocycles. The first-order valence-electron chi connectivity index (χ1n) is 35.0. The minimum atomic E-state index is -0.798. The van der Waals surface area contributed by atoms with Gasteiger partial charge in [-0.1, -0.05) is 316 Å². The normalized spacial score (nSPS) is 12.9. The summed E-state index contributed by atoms with van der Waals surface area (Å²) < 4.78 is 17.0. The van der Waals surface area contributed by atoms with Crippen LogP contribution in [0.15, 0.2) is 122 Å². The van der Waals surface area contributed by atoms with Crippen molar-refractivity contribution in [3.8, 4) is 0 Å². The first-order valence-corrected chi connectivity index (χ1v) is 35.0. The van der Waals surface area contributed by atoms with E-state index in [1.165, 1.54) is 141 Å². The number of hydrogen-bond donors (Lipinski definition) is 0. The van der Waals surface area contributed by atoms with Crippen molar-refractivity contribution in [1.82, 2.24) is 0 Å². The molecule has 0 rings (SSSR count). The van der Waals surface area contributed by atoms with Crippen LogP contribution in [0.1, 0.15) is 329 Å². The second kappa shape index (κ2) is 70.3. The Morgan fingerprint density at radius 2 is 0.470 bits per heavy atom. The fourth-order valence-electron chi connectivity index (χ4n) is 9.73. The van der Waals surface area contributed by atoms with Crippen LogP contribution in [0.4, 0.5) is 0 Å². The topological polar surface area (TPSA) is 78.9 Å². The lowest BCUT2D eigenvalue weighted by molar-refractivity contribution is -0.167. The van der Waals surface area contributed by atoms with Crippen LogP contribution in [-0.4, -0.2) is 37.2 Å². The van der Waals surface area contributed by atoms with E-state index in [0.717, 1.165) is 148 Å². The predicted molar refractivity (Wildman–Crippen MR) is 362 cm³/mol. The monoisotopic (exact) mass is 1150 g/mol. The molecule has 6 heteroatoms. The van der Waals surface area contributed by atoms with Crippen LogP contribution in [0.3, 0.4) is 0 Å². The van der Waals surface area contributed by atoms with E-state index in [1.54, 1.807) is 0 Å². The highest BCUT2D eigenvalue weighted by Crippen LogP contribution is 2.17. The Labute approximate surface area is 513 Å². The lowest BCUT2D eigenvalue weighted by atomic mass is 10.0. The molecular formula is C77H130O6. The second-order valence-electron chi connectivity index (χ2n) is 23.1. The zero-order chi connectivity index (χ0) is 59.9. The van der Waals surface area contributed by atoms with Crippen molar-refractivity contribution in [2.24, 2.45) is 0 Å². The third-order valence-electron chi connectivity index (χ3n) is 15.0. The van der Waals surface area contributed by atoms with Crippen LogP contribution < -0.4 is 0 Å². The molecule has 0 amide bonds. The van der Waals surface area contributed by atoms with Crippen LogP contribution in [0, 0.1) is 0 Å². The highest BCUT2D eigenvalue weighted by Gasteiger charge is 2.19. The third-order valence-corrected chi connectivity index (χ3v) is 15.0. The molecule has 0 N–H and O–H groups in total. The molecule has 474 valence electrons. The number of carbonyl (C=O) groups is 3. The van der Waals surface area contributed by atoms with E-state index in [2.05, 4.69) is 142 Å². The van der Waals surface area contributed by atoms with Crippen LogP contribution in [-0.2, 0) is 28.6 Å². The summed E-state index contributed by atoms with van der Waals surface area (Å²) in [6.45, 7) is 6.50. The van der Waals surface area contributed by atoms with Gasteiger partial charge < -0.3 is 14.2 Å². The lowest BCUT2D eigenvalue weighted by Gasteiger charge is -2.18. The van der Waals surface area contributed by atoms with Crippen molar-refractivity contribution in [1.29, 1.82) is 0 Å². The van der Waals surface area contributed by atoms with E-state index in [1.807, 2.05) is 0 Å². The Bertz CT molecular complexity index is 1700. The van der Waals surface area contributed by atoms with Gasteiger partial charge in [-0.25, -0.2) is 0 Å². The minimum absolute atomic E-state index is 0.0930. The Hall–Kier alpha value is -4.19.